The van der Waals surface area contributed by atoms with Crippen LogP contribution in [0.15, 0.2) is 78.9 Å². The van der Waals surface area contributed by atoms with Gasteiger partial charge in [-0.3, -0.25) is 25.2 Å². The summed E-state index contributed by atoms with van der Waals surface area (Å²) in [4.78, 5) is 36.0. The number of ether oxygens (including phenoxy) is 1. The van der Waals surface area contributed by atoms with E-state index >= 15 is 0 Å². The normalized spacial score (nSPS) is 10.2. The van der Waals surface area contributed by atoms with Crippen molar-refractivity contribution >= 4 is 29.3 Å². The summed E-state index contributed by atoms with van der Waals surface area (Å²) in [5, 5.41) is 2.93. The van der Waals surface area contributed by atoms with Gasteiger partial charge in [-0.2, -0.15) is 0 Å². The van der Waals surface area contributed by atoms with Crippen LogP contribution >= 0.6 is 11.6 Å². The third-order valence-corrected chi connectivity index (χ3v) is 4.76. The largest absolute Gasteiger partial charge is 0.483 e. The highest BCUT2D eigenvalue weighted by Gasteiger charge is 2.11. The first kappa shape index (κ1) is 22.8. The molecule has 0 aliphatic heterocycles. The zero-order valence-corrected chi connectivity index (χ0v) is 17.9. The van der Waals surface area contributed by atoms with Gasteiger partial charge in [-0.15, -0.1) is 0 Å². The summed E-state index contributed by atoms with van der Waals surface area (Å²) in [5.41, 5.74) is 6.75. The standard InChI is InChI=1S/C24H22ClN3O4/c25-20-12-6-4-11-19(20)24(31)26-15-14-22(29)27-28-23(30)16-32-21-13-7-5-10-18(21)17-8-2-1-3-9-17/h1-13H,14-16H2,(H,26,31)(H,27,29)(H,28,30). The van der Waals surface area contributed by atoms with Crippen molar-refractivity contribution < 1.29 is 19.1 Å². The molecule has 0 aromatic heterocycles. The van der Waals surface area contributed by atoms with Gasteiger partial charge in [-0.1, -0.05) is 72.3 Å². The van der Waals surface area contributed by atoms with Gasteiger partial charge in [0.25, 0.3) is 11.8 Å². The fourth-order valence-electron chi connectivity index (χ4n) is 2.86. The summed E-state index contributed by atoms with van der Waals surface area (Å²) >= 11 is 5.96. The van der Waals surface area contributed by atoms with E-state index in [1.54, 1.807) is 30.3 Å². The molecular formula is C24H22ClN3O4. The highest BCUT2D eigenvalue weighted by molar-refractivity contribution is 6.33. The average Bonchev–Trinajstić information content (AvgIpc) is 2.82. The lowest BCUT2D eigenvalue weighted by atomic mass is 10.1. The van der Waals surface area contributed by atoms with Gasteiger partial charge in [0, 0.05) is 18.5 Å². The van der Waals surface area contributed by atoms with Gasteiger partial charge in [0.1, 0.15) is 5.75 Å². The molecule has 0 aliphatic rings. The van der Waals surface area contributed by atoms with Crippen molar-refractivity contribution in [3.05, 3.63) is 89.4 Å². The topological polar surface area (TPSA) is 96.5 Å². The van der Waals surface area contributed by atoms with Gasteiger partial charge < -0.3 is 10.1 Å². The molecule has 3 amide bonds. The Balaban J connectivity index is 1.40. The van der Waals surface area contributed by atoms with Crippen LogP contribution < -0.4 is 20.9 Å². The Kier molecular flexibility index (Phi) is 8.22. The molecule has 0 saturated heterocycles. The van der Waals surface area contributed by atoms with Gasteiger partial charge >= 0.3 is 0 Å². The minimum absolute atomic E-state index is 0.0197. The Bertz CT molecular complexity index is 1090. The quantitative estimate of drug-likeness (QED) is 0.457. The van der Waals surface area contributed by atoms with E-state index in [-0.39, 0.29) is 25.5 Å². The van der Waals surface area contributed by atoms with Crippen LogP contribution in [0.5, 0.6) is 5.75 Å². The maximum Gasteiger partial charge on any atom is 0.276 e. The summed E-state index contributed by atoms with van der Waals surface area (Å²) < 4.78 is 5.63. The van der Waals surface area contributed by atoms with Crippen molar-refractivity contribution in [1.82, 2.24) is 16.2 Å². The molecule has 3 aromatic carbocycles. The molecule has 0 unspecified atom stereocenters. The molecule has 164 valence electrons. The maximum absolute atomic E-state index is 12.0. The molecule has 3 N–H and O–H groups in total. The number of rotatable bonds is 8. The van der Waals surface area contributed by atoms with Gasteiger partial charge in [0.15, 0.2) is 6.61 Å². The summed E-state index contributed by atoms with van der Waals surface area (Å²) in [6.45, 7) is -0.180. The molecule has 0 spiro atoms. The Labute approximate surface area is 190 Å². The first-order chi connectivity index (χ1) is 15.5. The number of hydrogen-bond acceptors (Lipinski definition) is 4. The van der Waals surface area contributed by atoms with Gasteiger partial charge in [0.05, 0.1) is 10.6 Å². The Hall–Kier alpha value is -3.84. The minimum atomic E-state index is -0.513. The van der Waals surface area contributed by atoms with Crippen molar-refractivity contribution in [3.63, 3.8) is 0 Å². The first-order valence-corrected chi connectivity index (χ1v) is 10.3. The number of benzene rings is 3. The molecule has 0 bridgehead atoms. The second-order valence-electron chi connectivity index (χ2n) is 6.73. The number of carbonyl (C=O) groups is 3. The maximum atomic E-state index is 12.0. The van der Waals surface area contributed by atoms with E-state index in [4.69, 9.17) is 16.3 Å². The van der Waals surface area contributed by atoms with E-state index in [0.717, 1.165) is 11.1 Å². The highest BCUT2D eigenvalue weighted by atomic mass is 35.5. The number of hydrazine groups is 1. The van der Waals surface area contributed by atoms with Crippen LogP contribution in [0.1, 0.15) is 16.8 Å². The lowest BCUT2D eigenvalue weighted by molar-refractivity contribution is -0.129. The molecule has 0 fully saturated rings. The molecule has 0 radical (unpaired) electrons. The summed E-state index contributed by atoms with van der Waals surface area (Å²) in [6.07, 6.45) is -0.0197. The molecule has 8 heteroatoms. The molecular weight excluding hydrogens is 430 g/mol. The Morgan fingerprint density at radius 2 is 1.44 bits per heavy atom. The Morgan fingerprint density at radius 1 is 0.781 bits per heavy atom. The van der Waals surface area contributed by atoms with Gasteiger partial charge in [0.2, 0.25) is 5.91 Å². The molecule has 0 heterocycles. The smallest absolute Gasteiger partial charge is 0.276 e. The van der Waals surface area contributed by atoms with E-state index in [0.29, 0.717) is 16.3 Å². The van der Waals surface area contributed by atoms with Crippen LogP contribution in [0.2, 0.25) is 5.02 Å². The molecule has 0 aliphatic carbocycles. The predicted octanol–water partition coefficient (Wildman–Crippen LogP) is 3.35. The second-order valence-corrected chi connectivity index (χ2v) is 7.14. The third-order valence-electron chi connectivity index (χ3n) is 4.43. The molecule has 3 rings (SSSR count). The Morgan fingerprint density at radius 3 is 2.22 bits per heavy atom. The molecule has 7 nitrogen and oxygen atoms in total. The first-order valence-electron chi connectivity index (χ1n) is 9.92. The predicted molar refractivity (Wildman–Crippen MR) is 122 cm³/mol. The highest BCUT2D eigenvalue weighted by Crippen LogP contribution is 2.29. The van der Waals surface area contributed by atoms with Crippen molar-refractivity contribution in [2.75, 3.05) is 13.2 Å². The summed E-state index contributed by atoms with van der Waals surface area (Å²) in [6, 6.07) is 23.7. The number of hydrogen-bond donors (Lipinski definition) is 3. The van der Waals surface area contributed by atoms with Crippen LogP contribution in [-0.2, 0) is 9.59 Å². The van der Waals surface area contributed by atoms with Crippen LogP contribution in [0.25, 0.3) is 11.1 Å². The van der Waals surface area contributed by atoms with Crippen LogP contribution in [0.3, 0.4) is 0 Å². The van der Waals surface area contributed by atoms with E-state index in [1.165, 1.54) is 0 Å². The number of para-hydroxylation sites is 1. The molecule has 3 aromatic rings. The van der Waals surface area contributed by atoms with Crippen LogP contribution in [-0.4, -0.2) is 30.9 Å². The SMILES string of the molecule is O=C(CCNC(=O)c1ccccc1Cl)NNC(=O)COc1ccccc1-c1ccccc1. The fourth-order valence-corrected chi connectivity index (χ4v) is 3.08. The fraction of sp³-hybridized carbons (Fsp3) is 0.125. The van der Waals surface area contributed by atoms with Crippen molar-refractivity contribution in [2.24, 2.45) is 0 Å². The average molecular weight is 452 g/mol. The molecule has 32 heavy (non-hydrogen) atoms. The molecule has 0 saturated carbocycles. The zero-order chi connectivity index (χ0) is 22.8. The van der Waals surface area contributed by atoms with E-state index < -0.39 is 11.8 Å². The summed E-state index contributed by atoms with van der Waals surface area (Å²) in [7, 11) is 0. The van der Waals surface area contributed by atoms with Crippen molar-refractivity contribution in [3.8, 4) is 16.9 Å². The number of amides is 3. The minimum Gasteiger partial charge on any atom is -0.483 e. The van der Waals surface area contributed by atoms with Crippen molar-refractivity contribution in [1.29, 1.82) is 0 Å². The van der Waals surface area contributed by atoms with Crippen LogP contribution in [0, 0.1) is 0 Å². The lowest BCUT2D eigenvalue weighted by Crippen LogP contribution is -2.44. The second kappa shape index (κ2) is 11.5. The van der Waals surface area contributed by atoms with Crippen LogP contribution in [0.4, 0.5) is 0 Å². The zero-order valence-electron chi connectivity index (χ0n) is 17.1. The van der Waals surface area contributed by atoms with E-state index in [9.17, 15) is 14.4 Å². The summed E-state index contributed by atoms with van der Waals surface area (Å²) in [5.74, 6) is -0.788. The van der Waals surface area contributed by atoms with Crippen molar-refractivity contribution in [2.45, 2.75) is 6.42 Å². The van der Waals surface area contributed by atoms with Gasteiger partial charge in [-0.25, -0.2) is 0 Å². The number of carbonyl (C=O) groups excluding carboxylic acids is 3. The number of halogens is 1. The number of nitrogens with one attached hydrogen (secondary N) is 3. The monoisotopic (exact) mass is 451 g/mol. The van der Waals surface area contributed by atoms with E-state index in [1.807, 2.05) is 48.5 Å². The van der Waals surface area contributed by atoms with Gasteiger partial charge in [-0.05, 0) is 23.8 Å². The lowest BCUT2D eigenvalue weighted by Gasteiger charge is -2.12. The van der Waals surface area contributed by atoms with E-state index in [2.05, 4.69) is 16.2 Å². The molecule has 0 atom stereocenters. The third kappa shape index (κ3) is 6.58.